The van der Waals surface area contributed by atoms with E-state index in [9.17, 15) is 28.9 Å². The second-order valence-electron chi connectivity index (χ2n) is 8.65. The van der Waals surface area contributed by atoms with Crippen LogP contribution in [0.4, 0.5) is 27.1 Å². The van der Waals surface area contributed by atoms with E-state index >= 15 is 0 Å². The lowest BCUT2D eigenvalue weighted by Gasteiger charge is -2.15. The number of nitro groups is 1. The van der Waals surface area contributed by atoms with Gasteiger partial charge in [0.1, 0.15) is 16.4 Å². The summed E-state index contributed by atoms with van der Waals surface area (Å²) < 4.78 is 14.4. The molecule has 4 aromatic rings. The fraction of sp³-hybridized carbons (Fsp3) is 0. The molecule has 204 valence electrons. The average molecular weight is 633 g/mol. The van der Waals surface area contributed by atoms with Crippen molar-refractivity contribution in [3.05, 3.63) is 134 Å². The molecular weight excluding hydrogens is 615 g/mol. The summed E-state index contributed by atoms with van der Waals surface area (Å²) >= 11 is 4.40. The van der Waals surface area contributed by atoms with E-state index in [0.717, 1.165) is 21.1 Å². The Morgan fingerprint density at radius 3 is 2.22 bits per heavy atom. The molecule has 0 spiro atoms. The summed E-state index contributed by atoms with van der Waals surface area (Å²) in [4.78, 5) is 51.7. The molecular formula is C29H18BrFN4O5S. The van der Waals surface area contributed by atoms with Gasteiger partial charge in [-0.2, -0.15) is 0 Å². The Hall–Kier alpha value is -4.81. The lowest BCUT2D eigenvalue weighted by Crippen LogP contribution is -2.32. The maximum atomic E-state index is 13.6. The Morgan fingerprint density at radius 1 is 0.878 bits per heavy atom. The zero-order valence-corrected chi connectivity index (χ0v) is 23.2. The fourth-order valence-corrected chi connectivity index (χ4v) is 5.16. The van der Waals surface area contributed by atoms with Gasteiger partial charge in [0.15, 0.2) is 0 Å². The van der Waals surface area contributed by atoms with Crippen LogP contribution in [0.5, 0.6) is 0 Å². The third-order valence-electron chi connectivity index (χ3n) is 5.89. The van der Waals surface area contributed by atoms with Crippen LogP contribution in [0, 0.1) is 15.9 Å². The highest BCUT2D eigenvalue weighted by Gasteiger charge is 2.40. The minimum atomic E-state index is -0.602. The van der Waals surface area contributed by atoms with Gasteiger partial charge in [0.2, 0.25) is 0 Å². The summed E-state index contributed by atoms with van der Waals surface area (Å²) in [5, 5.41) is 16.7. The van der Waals surface area contributed by atoms with Crippen LogP contribution in [0.2, 0.25) is 0 Å². The largest absolute Gasteiger partial charge is 0.350 e. The lowest BCUT2D eigenvalue weighted by molar-refractivity contribution is -0.384. The number of nitro benzene ring substituents is 1. The molecule has 0 radical (unpaired) electrons. The van der Waals surface area contributed by atoms with Crippen molar-refractivity contribution in [1.82, 2.24) is 0 Å². The van der Waals surface area contributed by atoms with E-state index < -0.39 is 28.5 Å². The summed E-state index contributed by atoms with van der Waals surface area (Å²) in [5.41, 5.74) is 1.35. The summed E-state index contributed by atoms with van der Waals surface area (Å²) in [7, 11) is 0. The Bertz CT molecular complexity index is 1710. The smallest absolute Gasteiger partial charge is 0.283 e. The molecule has 0 saturated carbocycles. The molecule has 3 amide bonds. The van der Waals surface area contributed by atoms with E-state index in [1.165, 1.54) is 48.5 Å². The first-order valence-electron chi connectivity index (χ1n) is 11.9. The van der Waals surface area contributed by atoms with Crippen molar-refractivity contribution < 1.29 is 23.7 Å². The van der Waals surface area contributed by atoms with E-state index in [-0.39, 0.29) is 27.5 Å². The Balaban J connectivity index is 1.42. The van der Waals surface area contributed by atoms with Crippen LogP contribution in [0.15, 0.2) is 117 Å². The van der Waals surface area contributed by atoms with Crippen molar-refractivity contribution in [2.24, 2.45) is 0 Å². The number of carbonyl (C=O) groups excluding carboxylic acids is 3. The van der Waals surface area contributed by atoms with Crippen molar-refractivity contribution in [2.45, 2.75) is 4.90 Å². The van der Waals surface area contributed by atoms with Gasteiger partial charge in [-0.3, -0.25) is 24.5 Å². The topological polar surface area (TPSA) is 122 Å². The first-order valence-corrected chi connectivity index (χ1v) is 13.6. The SMILES string of the molecule is O=C(Nc1cccc(SC2=C(Nc3ccc(Br)cc3)C(=O)N(c3ccc(F)cc3)C2=O)c1)c1ccc([N+](=O)[O-])cc1. The number of anilines is 3. The molecule has 0 atom stereocenters. The van der Waals surface area contributed by atoms with Gasteiger partial charge in [-0.15, -0.1) is 0 Å². The second kappa shape index (κ2) is 11.7. The van der Waals surface area contributed by atoms with Gasteiger partial charge < -0.3 is 10.6 Å². The van der Waals surface area contributed by atoms with E-state index in [1.54, 1.807) is 48.5 Å². The van der Waals surface area contributed by atoms with Crippen molar-refractivity contribution in [2.75, 3.05) is 15.5 Å². The van der Waals surface area contributed by atoms with Gasteiger partial charge in [0.25, 0.3) is 23.4 Å². The highest BCUT2D eigenvalue weighted by atomic mass is 79.9. The highest BCUT2D eigenvalue weighted by Crippen LogP contribution is 2.38. The standard InChI is InChI=1S/C29H18BrFN4O5S/c30-18-6-10-20(11-7-18)32-25-26(29(38)34(28(25)37)22-14-8-19(31)9-15-22)41-24-3-1-2-21(16-24)33-27(36)17-4-12-23(13-5-17)35(39)40/h1-16,32H,(H,33,36). The Labute approximate surface area is 245 Å². The number of imide groups is 1. The fourth-order valence-electron chi connectivity index (χ4n) is 3.91. The zero-order chi connectivity index (χ0) is 29.1. The molecule has 0 unspecified atom stereocenters. The summed E-state index contributed by atoms with van der Waals surface area (Å²) in [6.07, 6.45) is 0. The second-order valence-corrected chi connectivity index (χ2v) is 10.6. The molecule has 1 aliphatic rings. The number of thioether (sulfide) groups is 1. The molecule has 41 heavy (non-hydrogen) atoms. The first-order chi connectivity index (χ1) is 19.7. The highest BCUT2D eigenvalue weighted by molar-refractivity contribution is 9.10. The van der Waals surface area contributed by atoms with Crippen molar-refractivity contribution >= 4 is 68.2 Å². The predicted molar refractivity (Wildman–Crippen MR) is 157 cm³/mol. The van der Waals surface area contributed by atoms with Crippen LogP contribution in [0.25, 0.3) is 0 Å². The molecule has 2 N–H and O–H groups in total. The van der Waals surface area contributed by atoms with Gasteiger partial charge in [0, 0.05) is 38.4 Å². The number of carbonyl (C=O) groups is 3. The Morgan fingerprint density at radius 2 is 1.56 bits per heavy atom. The summed E-state index contributed by atoms with van der Waals surface area (Å²) in [6.45, 7) is 0. The first kappa shape index (κ1) is 27.7. The van der Waals surface area contributed by atoms with Crippen LogP contribution in [0.3, 0.4) is 0 Å². The van der Waals surface area contributed by atoms with Gasteiger partial charge in [0.05, 0.1) is 10.6 Å². The number of nitrogens with one attached hydrogen (secondary N) is 2. The number of hydrogen-bond donors (Lipinski definition) is 2. The van der Waals surface area contributed by atoms with Crippen molar-refractivity contribution in [1.29, 1.82) is 0 Å². The number of rotatable bonds is 8. The maximum absolute atomic E-state index is 13.6. The third-order valence-corrected chi connectivity index (χ3v) is 7.49. The number of benzene rings is 4. The van der Waals surface area contributed by atoms with Gasteiger partial charge in [-0.1, -0.05) is 33.8 Å². The number of non-ortho nitro benzene ring substituents is 1. The number of halogens is 2. The van der Waals surface area contributed by atoms with Crippen LogP contribution in [-0.2, 0) is 9.59 Å². The molecule has 0 fully saturated rings. The molecule has 1 aliphatic heterocycles. The minimum Gasteiger partial charge on any atom is -0.350 e. The molecule has 9 nitrogen and oxygen atoms in total. The molecule has 0 aliphatic carbocycles. The Kier molecular flexibility index (Phi) is 7.95. The third kappa shape index (κ3) is 6.18. The molecule has 0 saturated heterocycles. The maximum Gasteiger partial charge on any atom is 0.283 e. The molecule has 12 heteroatoms. The van der Waals surface area contributed by atoms with Crippen molar-refractivity contribution in [3.8, 4) is 0 Å². The minimum absolute atomic E-state index is 0.0481. The van der Waals surface area contributed by atoms with Gasteiger partial charge >= 0.3 is 0 Å². The molecule has 5 rings (SSSR count). The quantitative estimate of drug-likeness (QED) is 0.125. The number of amides is 3. The van der Waals surface area contributed by atoms with Crippen molar-refractivity contribution in [3.63, 3.8) is 0 Å². The number of nitrogens with zero attached hydrogens (tertiary/aromatic N) is 2. The zero-order valence-electron chi connectivity index (χ0n) is 20.8. The van der Waals surface area contributed by atoms with E-state index in [0.29, 0.717) is 16.3 Å². The summed E-state index contributed by atoms with van der Waals surface area (Å²) in [5.74, 6) is -2.18. The van der Waals surface area contributed by atoms with Crippen LogP contribution in [0.1, 0.15) is 10.4 Å². The van der Waals surface area contributed by atoms with Crippen LogP contribution in [-0.4, -0.2) is 22.6 Å². The van der Waals surface area contributed by atoms with Gasteiger partial charge in [-0.25, -0.2) is 9.29 Å². The van der Waals surface area contributed by atoms with Crippen LogP contribution >= 0.6 is 27.7 Å². The average Bonchev–Trinajstić information content (AvgIpc) is 3.18. The monoisotopic (exact) mass is 632 g/mol. The molecule has 4 aromatic carbocycles. The predicted octanol–water partition coefficient (Wildman–Crippen LogP) is 6.74. The number of hydrogen-bond acceptors (Lipinski definition) is 7. The van der Waals surface area contributed by atoms with E-state index in [2.05, 4.69) is 26.6 Å². The molecule has 1 heterocycles. The van der Waals surface area contributed by atoms with Gasteiger partial charge in [-0.05, 0) is 78.9 Å². The van der Waals surface area contributed by atoms with E-state index in [4.69, 9.17) is 0 Å². The molecule has 0 aromatic heterocycles. The van der Waals surface area contributed by atoms with Crippen LogP contribution < -0.4 is 15.5 Å². The van der Waals surface area contributed by atoms with E-state index in [1.807, 2.05) is 0 Å². The molecule has 0 bridgehead atoms. The lowest BCUT2D eigenvalue weighted by atomic mass is 10.2. The summed E-state index contributed by atoms with van der Waals surface area (Å²) in [6, 6.07) is 23.9. The normalized spacial score (nSPS) is 13.0.